The summed E-state index contributed by atoms with van der Waals surface area (Å²) in [5, 5.41) is 6.52. The first kappa shape index (κ1) is 21.7. The molecule has 2 rings (SSSR count). The molecule has 1 aliphatic heterocycles. The molecule has 1 unspecified atom stereocenters. The van der Waals surface area contributed by atoms with Gasteiger partial charge in [0.15, 0.2) is 5.96 Å². The van der Waals surface area contributed by atoms with Crippen molar-refractivity contribution in [2.45, 2.75) is 56.6 Å². The van der Waals surface area contributed by atoms with E-state index in [0.29, 0.717) is 19.7 Å². The predicted octanol–water partition coefficient (Wildman–Crippen LogP) is 2.00. The van der Waals surface area contributed by atoms with E-state index in [-0.39, 0.29) is 11.0 Å². The summed E-state index contributed by atoms with van der Waals surface area (Å²) in [6.45, 7) is 4.68. The van der Waals surface area contributed by atoms with Crippen LogP contribution in [-0.2, 0) is 21.3 Å². The molecule has 1 saturated heterocycles. The van der Waals surface area contributed by atoms with E-state index in [9.17, 15) is 8.42 Å². The zero-order chi connectivity index (χ0) is 19.5. The molecule has 0 bridgehead atoms. The lowest BCUT2D eigenvalue weighted by molar-refractivity contribution is 0.114. The van der Waals surface area contributed by atoms with Crippen LogP contribution < -0.4 is 15.4 Å². The van der Waals surface area contributed by atoms with Gasteiger partial charge in [-0.25, -0.2) is 13.1 Å². The standard InChI is InChI=1S/C19H32N4O3S/c1-3-4-5-12-21-19(20-2)22-14-16-8-10-18(11-9-16)27(24,25)23-15-17-7-6-13-26-17/h8-11,17,23H,3-7,12-15H2,1-2H3,(H2,20,21,22). The van der Waals surface area contributed by atoms with E-state index in [4.69, 9.17) is 4.74 Å². The molecule has 1 aromatic carbocycles. The fraction of sp³-hybridized carbons (Fsp3) is 0.632. The van der Waals surface area contributed by atoms with Gasteiger partial charge in [-0.15, -0.1) is 0 Å². The molecule has 27 heavy (non-hydrogen) atoms. The number of nitrogens with zero attached hydrogens (tertiary/aromatic N) is 1. The Morgan fingerprint density at radius 2 is 2.00 bits per heavy atom. The van der Waals surface area contributed by atoms with E-state index >= 15 is 0 Å². The van der Waals surface area contributed by atoms with Crippen LogP contribution in [0.3, 0.4) is 0 Å². The molecule has 0 saturated carbocycles. The molecule has 1 aliphatic rings. The number of rotatable bonds is 10. The minimum atomic E-state index is -3.50. The molecule has 0 spiro atoms. The maximum atomic E-state index is 12.4. The van der Waals surface area contributed by atoms with Gasteiger partial charge in [0.2, 0.25) is 10.0 Å². The van der Waals surface area contributed by atoms with Gasteiger partial charge in [0, 0.05) is 33.3 Å². The second kappa shape index (κ2) is 11.3. The minimum Gasteiger partial charge on any atom is -0.377 e. The van der Waals surface area contributed by atoms with Crippen molar-refractivity contribution in [2.75, 3.05) is 26.7 Å². The Morgan fingerprint density at radius 1 is 1.22 bits per heavy atom. The number of hydrogen-bond donors (Lipinski definition) is 3. The molecular weight excluding hydrogens is 364 g/mol. The van der Waals surface area contributed by atoms with Crippen molar-refractivity contribution in [1.29, 1.82) is 0 Å². The molecule has 3 N–H and O–H groups in total. The van der Waals surface area contributed by atoms with Crippen LogP contribution in [0, 0.1) is 0 Å². The van der Waals surface area contributed by atoms with Gasteiger partial charge < -0.3 is 15.4 Å². The number of guanidine groups is 1. The summed E-state index contributed by atoms with van der Waals surface area (Å²) < 4.78 is 32.8. The molecule has 0 aromatic heterocycles. The summed E-state index contributed by atoms with van der Waals surface area (Å²) in [6, 6.07) is 6.90. The highest BCUT2D eigenvalue weighted by Gasteiger charge is 2.20. The maximum absolute atomic E-state index is 12.4. The summed E-state index contributed by atoms with van der Waals surface area (Å²) in [5.74, 6) is 0.751. The second-order valence-electron chi connectivity index (χ2n) is 6.69. The van der Waals surface area contributed by atoms with E-state index in [1.165, 1.54) is 12.8 Å². The Balaban J connectivity index is 1.81. The third kappa shape index (κ3) is 7.48. The third-order valence-corrected chi connectivity index (χ3v) is 5.95. The average molecular weight is 397 g/mol. The van der Waals surface area contributed by atoms with E-state index in [1.807, 2.05) is 12.1 Å². The van der Waals surface area contributed by atoms with Crippen LogP contribution >= 0.6 is 0 Å². The second-order valence-corrected chi connectivity index (χ2v) is 8.46. The Hall–Kier alpha value is -1.64. The van der Waals surface area contributed by atoms with Crippen LogP contribution in [0.5, 0.6) is 0 Å². The van der Waals surface area contributed by atoms with Gasteiger partial charge in [-0.05, 0) is 37.0 Å². The lowest BCUT2D eigenvalue weighted by atomic mass is 10.2. The molecule has 1 fully saturated rings. The summed E-state index contributed by atoms with van der Waals surface area (Å²) in [5.41, 5.74) is 0.990. The van der Waals surface area contributed by atoms with Crippen LogP contribution in [0.15, 0.2) is 34.2 Å². The van der Waals surface area contributed by atoms with Gasteiger partial charge in [-0.2, -0.15) is 0 Å². The maximum Gasteiger partial charge on any atom is 0.240 e. The van der Waals surface area contributed by atoms with Gasteiger partial charge in [-0.1, -0.05) is 31.9 Å². The van der Waals surface area contributed by atoms with E-state index in [1.54, 1.807) is 19.2 Å². The molecule has 0 amide bonds. The van der Waals surface area contributed by atoms with Gasteiger partial charge >= 0.3 is 0 Å². The normalized spacial score (nSPS) is 17.9. The SMILES string of the molecule is CCCCCNC(=NC)NCc1ccc(S(=O)(=O)NCC2CCCO2)cc1. The van der Waals surface area contributed by atoms with Gasteiger partial charge in [0.1, 0.15) is 0 Å². The van der Waals surface area contributed by atoms with Crippen LogP contribution in [0.4, 0.5) is 0 Å². The van der Waals surface area contributed by atoms with Crippen molar-refractivity contribution >= 4 is 16.0 Å². The number of hydrogen-bond acceptors (Lipinski definition) is 4. The molecule has 1 aromatic rings. The van der Waals surface area contributed by atoms with E-state index in [0.717, 1.165) is 37.3 Å². The molecule has 8 heteroatoms. The largest absolute Gasteiger partial charge is 0.377 e. The third-order valence-electron chi connectivity index (χ3n) is 4.52. The number of nitrogens with one attached hydrogen (secondary N) is 3. The molecule has 1 atom stereocenters. The van der Waals surface area contributed by atoms with Crippen LogP contribution in [-0.4, -0.2) is 47.2 Å². The van der Waals surface area contributed by atoms with Gasteiger partial charge in [0.05, 0.1) is 11.0 Å². The summed E-state index contributed by atoms with van der Waals surface area (Å²) in [7, 11) is -1.76. The molecule has 1 heterocycles. The molecule has 7 nitrogen and oxygen atoms in total. The minimum absolute atomic E-state index is 0.0140. The van der Waals surface area contributed by atoms with E-state index in [2.05, 4.69) is 27.3 Å². The van der Waals surface area contributed by atoms with Crippen LogP contribution in [0.25, 0.3) is 0 Å². The van der Waals surface area contributed by atoms with Crippen molar-refractivity contribution < 1.29 is 13.2 Å². The topological polar surface area (TPSA) is 91.8 Å². The molecule has 0 radical (unpaired) electrons. The summed E-state index contributed by atoms with van der Waals surface area (Å²) in [6.07, 6.45) is 5.38. The lowest BCUT2D eigenvalue weighted by Gasteiger charge is -2.13. The highest BCUT2D eigenvalue weighted by atomic mass is 32.2. The fourth-order valence-corrected chi connectivity index (χ4v) is 3.93. The molecule has 152 valence electrons. The van der Waals surface area contributed by atoms with Crippen molar-refractivity contribution in [3.05, 3.63) is 29.8 Å². The number of benzene rings is 1. The zero-order valence-electron chi connectivity index (χ0n) is 16.3. The van der Waals surface area contributed by atoms with E-state index < -0.39 is 10.0 Å². The number of sulfonamides is 1. The Morgan fingerprint density at radius 3 is 2.63 bits per heavy atom. The molecule has 0 aliphatic carbocycles. The summed E-state index contributed by atoms with van der Waals surface area (Å²) in [4.78, 5) is 4.47. The monoisotopic (exact) mass is 396 g/mol. The quantitative estimate of drug-likeness (QED) is 0.320. The smallest absolute Gasteiger partial charge is 0.240 e. The summed E-state index contributed by atoms with van der Waals surface area (Å²) >= 11 is 0. The van der Waals surface area contributed by atoms with Crippen molar-refractivity contribution in [3.8, 4) is 0 Å². The zero-order valence-corrected chi connectivity index (χ0v) is 17.1. The number of unbranched alkanes of at least 4 members (excludes halogenated alkanes) is 2. The fourth-order valence-electron chi connectivity index (χ4n) is 2.87. The number of aliphatic imine (C=N–C) groups is 1. The van der Waals surface area contributed by atoms with Crippen molar-refractivity contribution in [3.63, 3.8) is 0 Å². The average Bonchev–Trinajstić information content (AvgIpc) is 3.20. The Bertz CT molecular complexity index is 683. The van der Waals surface area contributed by atoms with Gasteiger partial charge in [-0.3, -0.25) is 4.99 Å². The Labute approximate surface area is 163 Å². The molecular formula is C19H32N4O3S. The Kier molecular flexibility index (Phi) is 9.03. The first-order valence-corrected chi connectivity index (χ1v) is 11.2. The highest BCUT2D eigenvalue weighted by molar-refractivity contribution is 7.89. The van der Waals surface area contributed by atoms with Crippen molar-refractivity contribution in [1.82, 2.24) is 15.4 Å². The van der Waals surface area contributed by atoms with Crippen LogP contribution in [0.1, 0.15) is 44.6 Å². The first-order chi connectivity index (χ1) is 13.0. The lowest BCUT2D eigenvalue weighted by Crippen LogP contribution is -2.37. The predicted molar refractivity (Wildman–Crippen MR) is 108 cm³/mol. The van der Waals surface area contributed by atoms with Crippen LogP contribution in [0.2, 0.25) is 0 Å². The highest BCUT2D eigenvalue weighted by Crippen LogP contribution is 2.14. The number of ether oxygens (including phenoxy) is 1. The first-order valence-electron chi connectivity index (χ1n) is 9.70. The van der Waals surface area contributed by atoms with Gasteiger partial charge in [0.25, 0.3) is 0 Å². The van der Waals surface area contributed by atoms with Crippen molar-refractivity contribution in [2.24, 2.45) is 4.99 Å².